The summed E-state index contributed by atoms with van der Waals surface area (Å²) in [4.78, 5) is 9.74. The normalized spacial score (nSPS) is 14.8. The summed E-state index contributed by atoms with van der Waals surface area (Å²) < 4.78 is 80.4. The molecule has 10 heteroatoms. The largest absolute Gasteiger partial charge is 0.457 e. The average Bonchev–Trinajstić information content (AvgIpc) is 2.53. The molecule has 0 spiro atoms. The molecule has 1 atom stereocenters. The Bertz CT molecular complexity index is 808. The first-order chi connectivity index (χ1) is 11.4. The highest BCUT2D eigenvalue weighted by Gasteiger charge is 2.71. The number of nitro benzene ring substituents is 1. The van der Waals surface area contributed by atoms with Gasteiger partial charge in [0.25, 0.3) is 5.69 Å². The molecule has 0 bridgehead atoms. The minimum atomic E-state index is -6.21. The third-order valence-corrected chi connectivity index (χ3v) is 3.53. The molecule has 0 aliphatic carbocycles. The van der Waals surface area contributed by atoms with Gasteiger partial charge in [0.1, 0.15) is 5.82 Å². The van der Waals surface area contributed by atoms with Gasteiger partial charge in [-0.25, -0.2) is 4.39 Å². The molecule has 4 nitrogen and oxygen atoms in total. The smallest absolute Gasteiger partial charge is 0.374 e. The van der Waals surface area contributed by atoms with E-state index in [4.69, 9.17) is 0 Å². The van der Waals surface area contributed by atoms with Gasteiger partial charge in [0.2, 0.25) is 0 Å². The summed E-state index contributed by atoms with van der Waals surface area (Å²) in [5.41, 5.74) is -7.09. The molecule has 2 rings (SSSR count). The van der Waals surface area contributed by atoms with Gasteiger partial charge in [-0.3, -0.25) is 10.1 Å². The van der Waals surface area contributed by atoms with Gasteiger partial charge in [-0.05, 0) is 17.7 Å². The van der Waals surface area contributed by atoms with E-state index in [0.29, 0.717) is 24.3 Å². The fourth-order valence-corrected chi connectivity index (χ4v) is 2.29. The highest BCUT2D eigenvalue weighted by atomic mass is 19.4. The summed E-state index contributed by atoms with van der Waals surface area (Å²) in [5, 5.41) is 21.2. The molecule has 0 saturated heterocycles. The van der Waals surface area contributed by atoms with Crippen LogP contribution in [0.25, 0.3) is 0 Å². The Kier molecular flexibility index (Phi) is 4.51. The number of alkyl halides is 5. The van der Waals surface area contributed by atoms with E-state index < -0.39 is 45.3 Å². The SMILES string of the molecule is O=[N+]([O-])c1cccc(C(O)(c2cccc(F)c2)C(F)(F)C(F)(F)F)c1. The molecule has 1 N–H and O–H groups in total. The number of halogens is 6. The van der Waals surface area contributed by atoms with Crippen LogP contribution in [-0.4, -0.2) is 22.1 Å². The van der Waals surface area contributed by atoms with E-state index in [-0.39, 0.29) is 0 Å². The van der Waals surface area contributed by atoms with Crippen LogP contribution in [0.3, 0.4) is 0 Å². The monoisotopic (exact) mass is 365 g/mol. The number of nitrogens with zero attached hydrogens (tertiary/aromatic N) is 1. The van der Waals surface area contributed by atoms with Crippen molar-refractivity contribution in [3.05, 3.63) is 75.6 Å². The fraction of sp³-hybridized carbons (Fsp3) is 0.200. The predicted octanol–water partition coefficient (Wildman–Crippen LogP) is 4.17. The Hall–Kier alpha value is -2.62. The maximum atomic E-state index is 14.1. The van der Waals surface area contributed by atoms with Gasteiger partial charge < -0.3 is 5.11 Å². The van der Waals surface area contributed by atoms with Crippen LogP contribution in [0, 0.1) is 15.9 Å². The molecule has 2 aromatic rings. The van der Waals surface area contributed by atoms with Gasteiger partial charge in [0.05, 0.1) is 4.92 Å². The molecule has 0 fully saturated rings. The van der Waals surface area contributed by atoms with Crippen molar-refractivity contribution in [1.29, 1.82) is 0 Å². The fourth-order valence-electron chi connectivity index (χ4n) is 2.29. The van der Waals surface area contributed by atoms with E-state index in [1.54, 1.807) is 0 Å². The number of nitro groups is 1. The van der Waals surface area contributed by atoms with Crippen molar-refractivity contribution in [3.63, 3.8) is 0 Å². The Morgan fingerprint density at radius 1 is 0.920 bits per heavy atom. The quantitative estimate of drug-likeness (QED) is 0.503. The van der Waals surface area contributed by atoms with Crippen LogP contribution in [0.5, 0.6) is 0 Å². The molecule has 134 valence electrons. The van der Waals surface area contributed by atoms with E-state index in [1.807, 2.05) is 0 Å². The number of benzene rings is 2. The molecule has 0 aliphatic rings. The van der Waals surface area contributed by atoms with Crippen molar-refractivity contribution in [2.45, 2.75) is 17.7 Å². The maximum Gasteiger partial charge on any atom is 0.457 e. The second-order valence-corrected chi connectivity index (χ2v) is 5.10. The second kappa shape index (κ2) is 6.03. The standard InChI is InChI=1S/C15H9F6NO3/c16-11-5-1-3-9(7-11)13(23,14(17,18)15(19,20)21)10-4-2-6-12(8-10)22(24)25/h1-8,23H. The van der Waals surface area contributed by atoms with Crippen molar-refractivity contribution >= 4 is 5.69 Å². The number of rotatable bonds is 4. The van der Waals surface area contributed by atoms with E-state index in [2.05, 4.69) is 0 Å². The average molecular weight is 365 g/mol. The van der Waals surface area contributed by atoms with E-state index in [9.17, 15) is 41.6 Å². The molecule has 0 saturated carbocycles. The number of hydrogen-bond donors (Lipinski definition) is 1. The third kappa shape index (κ3) is 3.04. The van der Waals surface area contributed by atoms with Crippen molar-refractivity contribution in [2.75, 3.05) is 0 Å². The van der Waals surface area contributed by atoms with Gasteiger partial charge >= 0.3 is 12.1 Å². The van der Waals surface area contributed by atoms with Gasteiger partial charge in [0.15, 0.2) is 5.60 Å². The number of non-ortho nitro benzene ring substituents is 1. The van der Waals surface area contributed by atoms with Gasteiger partial charge in [-0.2, -0.15) is 22.0 Å². The summed E-state index contributed by atoms with van der Waals surface area (Å²) in [7, 11) is 0. The van der Waals surface area contributed by atoms with Crippen LogP contribution in [-0.2, 0) is 5.60 Å². The van der Waals surface area contributed by atoms with Crippen LogP contribution in [0.4, 0.5) is 32.0 Å². The highest BCUT2D eigenvalue weighted by molar-refractivity contribution is 5.45. The molecule has 1 unspecified atom stereocenters. The highest BCUT2D eigenvalue weighted by Crippen LogP contribution is 2.52. The lowest BCUT2D eigenvalue weighted by molar-refractivity contribution is -0.385. The Labute approximate surface area is 136 Å². The summed E-state index contributed by atoms with van der Waals surface area (Å²) in [5.74, 6) is -6.93. The van der Waals surface area contributed by atoms with Crippen molar-refractivity contribution < 1.29 is 36.4 Å². The lowest BCUT2D eigenvalue weighted by Crippen LogP contribution is -2.55. The van der Waals surface area contributed by atoms with Gasteiger partial charge in [0, 0.05) is 17.7 Å². The molecular weight excluding hydrogens is 356 g/mol. The minimum absolute atomic E-state index is 0.304. The lowest BCUT2D eigenvalue weighted by Gasteiger charge is -2.37. The van der Waals surface area contributed by atoms with Gasteiger partial charge in [-0.1, -0.05) is 24.3 Å². The van der Waals surface area contributed by atoms with Crippen LogP contribution in [0.1, 0.15) is 11.1 Å². The molecule has 0 aliphatic heterocycles. The van der Waals surface area contributed by atoms with Crippen LogP contribution >= 0.6 is 0 Å². The molecule has 25 heavy (non-hydrogen) atoms. The zero-order valence-corrected chi connectivity index (χ0v) is 12.1. The van der Waals surface area contributed by atoms with Crippen LogP contribution in [0.2, 0.25) is 0 Å². The number of hydrogen-bond acceptors (Lipinski definition) is 3. The van der Waals surface area contributed by atoms with Crippen LogP contribution < -0.4 is 0 Å². The predicted molar refractivity (Wildman–Crippen MR) is 73.5 cm³/mol. The summed E-state index contributed by atoms with van der Waals surface area (Å²) in [6, 6.07) is 5.32. The summed E-state index contributed by atoms with van der Waals surface area (Å²) >= 11 is 0. The first kappa shape index (κ1) is 18.7. The van der Waals surface area contributed by atoms with Crippen LogP contribution in [0.15, 0.2) is 48.5 Å². The molecule has 0 heterocycles. The van der Waals surface area contributed by atoms with Gasteiger partial charge in [-0.15, -0.1) is 0 Å². The van der Waals surface area contributed by atoms with E-state index >= 15 is 0 Å². The lowest BCUT2D eigenvalue weighted by atomic mass is 9.80. The zero-order chi connectivity index (χ0) is 19.0. The Morgan fingerprint density at radius 2 is 1.44 bits per heavy atom. The maximum absolute atomic E-state index is 14.1. The summed E-state index contributed by atoms with van der Waals surface area (Å²) in [6.07, 6.45) is -6.21. The first-order valence-corrected chi connectivity index (χ1v) is 6.59. The zero-order valence-electron chi connectivity index (χ0n) is 12.1. The number of aliphatic hydroxyl groups is 1. The summed E-state index contributed by atoms with van der Waals surface area (Å²) in [6.45, 7) is 0. The van der Waals surface area contributed by atoms with Crippen molar-refractivity contribution in [1.82, 2.24) is 0 Å². The van der Waals surface area contributed by atoms with Crippen molar-refractivity contribution in [2.24, 2.45) is 0 Å². The molecule has 0 amide bonds. The molecule has 2 aromatic carbocycles. The van der Waals surface area contributed by atoms with Crippen molar-refractivity contribution in [3.8, 4) is 0 Å². The topological polar surface area (TPSA) is 63.4 Å². The molecule has 0 aromatic heterocycles. The van der Waals surface area contributed by atoms with E-state index in [0.717, 1.165) is 24.3 Å². The Morgan fingerprint density at radius 3 is 1.92 bits per heavy atom. The second-order valence-electron chi connectivity index (χ2n) is 5.10. The molecular formula is C15H9F6NO3. The molecule has 0 radical (unpaired) electrons. The van der Waals surface area contributed by atoms with E-state index in [1.165, 1.54) is 0 Å². The minimum Gasteiger partial charge on any atom is -0.374 e. The Balaban J connectivity index is 2.82. The first-order valence-electron chi connectivity index (χ1n) is 6.59. The third-order valence-electron chi connectivity index (χ3n) is 3.53.